The molecule has 0 saturated heterocycles. The van der Waals surface area contributed by atoms with Crippen LogP contribution in [0.1, 0.15) is 5.56 Å². The molecule has 0 spiro atoms. The zero-order chi connectivity index (χ0) is 46.6. The number of anilines is 1. The Hall–Kier alpha value is -6.15. The second-order valence-corrected chi connectivity index (χ2v) is 19.9. The summed E-state index contributed by atoms with van der Waals surface area (Å²) in [6.45, 7) is 2.11. The van der Waals surface area contributed by atoms with E-state index in [1.54, 1.807) is 61.1 Å². The molecule has 5 heterocycles. The average Bonchev–Trinajstić information content (AvgIpc) is 3.29. The van der Waals surface area contributed by atoms with Gasteiger partial charge in [-0.1, -0.05) is 72.3 Å². The number of hydrogen-bond donors (Lipinski definition) is 4. The minimum atomic E-state index is -3.22. The normalized spacial score (nSPS) is 10.2. The highest BCUT2D eigenvalue weighted by molar-refractivity contribution is 8.24. The van der Waals surface area contributed by atoms with Gasteiger partial charge in [-0.05, 0) is 106 Å². The molecular weight excluding hydrogens is 930 g/mol. The summed E-state index contributed by atoms with van der Waals surface area (Å²) < 4.78 is 49.5. The lowest BCUT2D eigenvalue weighted by molar-refractivity contribution is -0.903. The summed E-state index contributed by atoms with van der Waals surface area (Å²) in [5.41, 5.74) is 7.85. The van der Waals surface area contributed by atoms with Gasteiger partial charge in [-0.3, -0.25) is 35.2 Å². The van der Waals surface area contributed by atoms with Crippen LogP contribution in [0.25, 0.3) is 53.9 Å². The van der Waals surface area contributed by atoms with E-state index in [0.717, 1.165) is 26.6 Å². The number of rotatable bonds is 0. The van der Waals surface area contributed by atoms with Crippen molar-refractivity contribution in [2.45, 2.75) is 6.92 Å². The van der Waals surface area contributed by atoms with Gasteiger partial charge in [-0.2, -0.15) is 0 Å². The van der Waals surface area contributed by atoms with Crippen molar-refractivity contribution in [3.63, 3.8) is 0 Å². The highest BCUT2D eigenvalue weighted by Crippen LogP contribution is 2.61. The Bertz CT molecular complexity index is 2890. The molecule has 0 atom stereocenters. The zero-order valence-corrected chi connectivity index (χ0v) is 37.3. The van der Waals surface area contributed by atoms with Crippen molar-refractivity contribution in [1.29, 1.82) is 0 Å². The van der Waals surface area contributed by atoms with Gasteiger partial charge in [0.1, 0.15) is 22.6 Å². The molecule has 0 aliphatic heterocycles. The van der Waals surface area contributed by atoms with Crippen LogP contribution < -0.4 is 10.5 Å². The maximum atomic E-state index is 13.1. The molecule has 0 radical (unpaired) electrons. The number of fused-ring (bicyclic) bond motifs is 5. The van der Waals surface area contributed by atoms with Gasteiger partial charge in [0.25, 0.3) is 0 Å². The van der Waals surface area contributed by atoms with Gasteiger partial charge >= 0.3 is 5.20 Å². The van der Waals surface area contributed by atoms with Gasteiger partial charge in [0.2, 0.25) is 12.4 Å². The first-order valence-electron chi connectivity index (χ1n) is 18.4. The van der Waals surface area contributed by atoms with Crippen LogP contribution in [-0.4, -0.2) is 35.7 Å². The molecule has 0 fully saturated rings. The van der Waals surface area contributed by atoms with Gasteiger partial charge in [0, 0.05) is 103 Å². The molecule has 328 valence electrons. The van der Waals surface area contributed by atoms with Crippen LogP contribution in [0.3, 0.4) is 0 Å². The molecule has 0 saturated carbocycles. The molecule has 10 nitrogen and oxygen atoms in total. The summed E-state index contributed by atoms with van der Waals surface area (Å²) in [6.07, 6.45) is 14.9. The van der Waals surface area contributed by atoms with E-state index in [1.165, 1.54) is 59.2 Å². The third-order valence-electron chi connectivity index (χ3n) is 8.70. The second kappa shape index (κ2) is 25.2. The maximum absolute atomic E-state index is 13.1. The summed E-state index contributed by atoms with van der Waals surface area (Å²) in [5, 5.41) is 26.6. The van der Waals surface area contributed by atoms with Crippen molar-refractivity contribution < 1.29 is 38.2 Å². The zero-order valence-electron chi connectivity index (χ0n) is 33.4. The molecule has 64 heavy (non-hydrogen) atoms. The van der Waals surface area contributed by atoms with Gasteiger partial charge in [-0.25, -0.2) is 18.2 Å². The molecule has 0 aliphatic rings. The summed E-state index contributed by atoms with van der Waals surface area (Å²) in [7, 11) is 0. The van der Waals surface area contributed by atoms with E-state index in [9.17, 15) is 17.7 Å². The predicted molar refractivity (Wildman–Crippen MR) is 253 cm³/mol. The topological polar surface area (TPSA) is 159 Å². The fourth-order valence-electron chi connectivity index (χ4n) is 5.83. The lowest BCUT2D eigenvalue weighted by atomic mass is 10.1. The van der Waals surface area contributed by atoms with Crippen molar-refractivity contribution in [3.05, 3.63) is 205 Å². The van der Waals surface area contributed by atoms with Crippen LogP contribution in [-0.2, 0) is 4.57 Å². The lowest BCUT2D eigenvalue weighted by Gasteiger charge is -1.98. The molecule has 10 aromatic rings. The van der Waals surface area contributed by atoms with Crippen molar-refractivity contribution in [2.24, 2.45) is 0 Å². The van der Waals surface area contributed by atoms with Crippen LogP contribution in [0.15, 0.2) is 177 Å². The molecule has 0 bridgehead atoms. The molecule has 10 rings (SSSR count). The first kappa shape index (κ1) is 50.5. The highest BCUT2D eigenvalue weighted by Gasteiger charge is 2.05. The Labute approximate surface area is 384 Å². The Morgan fingerprint density at radius 2 is 0.969 bits per heavy atom. The number of aryl methyl sites for hydroxylation is 1. The molecule has 0 amide bonds. The number of benzene rings is 5. The first-order chi connectivity index (χ1) is 30.7. The number of halogens is 7. The standard InChI is InChI=1S/C10H9N.C9H5ClFN.C9H7FNO.C9H6FN.C9H8N2.Cl3OP.H2O2/c1-8-3-2-4-9-7-11-6-5-10(8)9;10-9-7-2-1-3-8(11)6(7)4-5-12-9;10-9-3-1-2-7-6-11(12)5-4-8(7)9;2*10-9-3-1-2-7-6-11-5-4-8(7)9;1-5(2,3)4;1-2/h2-7H,1H3;1-5H;1-6,12H;1-6H;1-6H,10H2;;1-2H/q;;+1;;;;. The number of nitrogens with zero attached hydrogens (tertiary/aromatic N) is 5. The van der Waals surface area contributed by atoms with Crippen molar-refractivity contribution in [3.8, 4) is 0 Å². The number of pyridine rings is 5. The molecule has 18 heteroatoms. The van der Waals surface area contributed by atoms with Crippen LogP contribution in [0.4, 0.5) is 18.9 Å². The van der Waals surface area contributed by atoms with Crippen LogP contribution in [0.2, 0.25) is 5.15 Å². The van der Waals surface area contributed by atoms with E-state index in [4.69, 9.17) is 33.1 Å². The molecular formula is C46H37Cl4F3N6O4P+. The minimum absolute atomic E-state index is 0.190. The fraction of sp³-hybridized carbons (Fsp3) is 0.0217. The number of nitrogens with two attached hydrogens (primary N) is 1. The third-order valence-corrected chi connectivity index (χ3v) is 9.00. The van der Waals surface area contributed by atoms with Gasteiger partial charge in [0.15, 0.2) is 0 Å². The average molecular weight is 968 g/mol. The van der Waals surface area contributed by atoms with Crippen molar-refractivity contribution >= 4 is 110 Å². The quantitative estimate of drug-likeness (QED) is 0.0221. The SMILES string of the molecule is Cc1cccc2cnccc12.Fc1cccc2c(Cl)nccc12.Fc1cccc2cnccc12.Nc1cccc2cnccc12.O=P(Cl)(Cl)Cl.OO.O[n+]1ccc2c(F)cccc2c1. The largest absolute Gasteiger partial charge is 0.398 e. The van der Waals surface area contributed by atoms with Crippen molar-refractivity contribution in [1.82, 2.24) is 19.9 Å². The van der Waals surface area contributed by atoms with E-state index >= 15 is 0 Å². The molecule has 5 N–H and O–H groups in total. The minimum Gasteiger partial charge on any atom is -0.398 e. The summed E-state index contributed by atoms with van der Waals surface area (Å²) in [5.74, 6) is -0.727. The summed E-state index contributed by atoms with van der Waals surface area (Å²) in [6, 6.07) is 35.3. The van der Waals surface area contributed by atoms with Gasteiger partial charge < -0.3 is 5.73 Å². The summed E-state index contributed by atoms with van der Waals surface area (Å²) in [4.78, 5) is 15.8. The third kappa shape index (κ3) is 15.6. The van der Waals surface area contributed by atoms with Gasteiger partial charge in [-0.15, -0.1) is 0 Å². The molecule has 0 aliphatic carbocycles. The van der Waals surface area contributed by atoms with Gasteiger partial charge in [0.05, 0.1) is 5.39 Å². The number of hydrogen-bond acceptors (Lipinski definition) is 9. The van der Waals surface area contributed by atoms with Crippen LogP contribution >= 0.6 is 50.5 Å². The van der Waals surface area contributed by atoms with E-state index in [1.807, 2.05) is 55.0 Å². The Kier molecular flexibility index (Phi) is 19.9. The van der Waals surface area contributed by atoms with E-state index in [-0.39, 0.29) is 17.5 Å². The monoisotopic (exact) mass is 965 g/mol. The predicted octanol–water partition coefficient (Wildman–Crippen LogP) is 14.1. The number of nitrogen functional groups attached to an aromatic ring is 1. The van der Waals surface area contributed by atoms with Crippen LogP contribution in [0, 0.1) is 24.4 Å². The van der Waals surface area contributed by atoms with E-state index in [2.05, 4.69) is 78.8 Å². The number of aromatic nitrogens is 5. The molecule has 0 unspecified atom stereocenters. The highest BCUT2D eigenvalue weighted by atomic mass is 36.0. The van der Waals surface area contributed by atoms with E-state index < -0.39 is 5.20 Å². The fourth-order valence-corrected chi connectivity index (χ4v) is 6.05. The Morgan fingerprint density at radius 3 is 1.50 bits per heavy atom. The first-order valence-corrected chi connectivity index (χ1v) is 23.2. The van der Waals surface area contributed by atoms with Crippen LogP contribution in [0.5, 0.6) is 0 Å². The summed E-state index contributed by atoms with van der Waals surface area (Å²) >= 11 is 19.6. The second-order valence-electron chi connectivity index (χ2n) is 12.9. The van der Waals surface area contributed by atoms with E-state index in [0.29, 0.717) is 32.1 Å². The Balaban J connectivity index is 0.000000169. The molecule has 5 aromatic heterocycles. The van der Waals surface area contributed by atoms with Crippen molar-refractivity contribution in [2.75, 3.05) is 5.73 Å². The smallest absolute Gasteiger partial charge is 0.339 e. The lowest BCUT2D eigenvalue weighted by Crippen LogP contribution is -2.27. The Morgan fingerprint density at radius 1 is 0.547 bits per heavy atom. The molecule has 5 aromatic carbocycles. The maximum Gasteiger partial charge on any atom is 0.339 e.